The molecule has 1 aromatic carbocycles. The van der Waals surface area contributed by atoms with Crippen LogP contribution in [0.1, 0.15) is 18.4 Å². The number of benzene rings is 1. The smallest absolute Gasteiger partial charge is 0.292 e. The van der Waals surface area contributed by atoms with Crippen LogP contribution in [0.15, 0.2) is 18.2 Å². The predicted octanol–water partition coefficient (Wildman–Crippen LogP) is 1.84. The Bertz CT molecular complexity index is 414. The predicted molar refractivity (Wildman–Crippen MR) is 60.5 cm³/mol. The largest absolute Gasteiger partial charge is 0.393 e. The van der Waals surface area contributed by atoms with Crippen LogP contribution in [-0.4, -0.2) is 22.2 Å². The van der Waals surface area contributed by atoms with Crippen LogP contribution >= 0.6 is 0 Å². The standard InChI is InChI=1S/C11H14N2O3/c1-7-2-3-11(13(15)16)10(4-7)12-8-5-9(14)6-8/h2-4,8-9,12,14H,5-6H2,1H3. The van der Waals surface area contributed by atoms with Gasteiger partial charge in [0.05, 0.1) is 11.0 Å². The van der Waals surface area contributed by atoms with Crippen LogP contribution < -0.4 is 5.32 Å². The third kappa shape index (κ3) is 2.14. The van der Waals surface area contributed by atoms with Gasteiger partial charge in [-0.25, -0.2) is 0 Å². The second-order valence-electron chi connectivity index (χ2n) is 4.24. The maximum atomic E-state index is 10.8. The van der Waals surface area contributed by atoms with Gasteiger partial charge in [0, 0.05) is 12.1 Å². The lowest BCUT2D eigenvalue weighted by atomic mass is 9.89. The van der Waals surface area contributed by atoms with Gasteiger partial charge in [0.1, 0.15) is 5.69 Å². The van der Waals surface area contributed by atoms with E-state index >= 15 is 0 Å². The topological polar surface area (TPSA) is 75.4 Å². The quantitative estimate of drug-likeness (QED) is 0.604. The van der Waals surface area contributed by atoms with E-state index in [2.05, 4.69) is 5.32 Å². The van der Waals surface area contributed by atoms with E-state index in [1.165, 1.54) is 6.07 Å². The summed E-state index contributed by atoms with van der Waals surface area (Å²) in [6.07, 6.45) is 1.05. The number of aliphatic hydroxyl groups excluding tert-OH is 1. The summed E-state index contributed by atoms with van der Waals surface area (Å²) in [4.78, 5) is 10.4. The van der Waals surface area contributed by atoms with Gasteiger partial charge in [0.15, 0.2) is 0 Å². The molecule has 0 spiro atoms. The van der Waals surface area contributed by atoms with E-state index in [9.17, 15) is 10.1 Å². The van der Waals surface area contributed by atoms with Gasteiger partial charge in [-0.15, -0.1) is 0 Å². The van der Waals surface area contributed by atoms with Crippen LogP contribution in [0, 0.1) is 17.0 Å². The van der Waals surface area contributed by atoms with Crippen molar-refractivity contribution in [2.45, 2.75) is 31.9 Å². The molecule has 0 saturated heterocycles. The van der Waals surface area contributed by atoms with Crippen molar-refractivity contribution in [1.29, 1.82) is 0 Å². The number of hydrogen-bond acceptors (Lipinski definition) is 4. The van der Waals surface area contributed by atoms with E-state index in [0.29, 0.717) is 18.5 Å². The highest BCUT2D eigenvalue weighted by Crippen LogP contribution is 2.30. The Morgan fingerprint density at radius 3 is 2.75 bits per heavy atom. The molecule has 1 aliphatic rings. The number of nitrogens with zero attached hydrogens (tertiary/aromatic N) is 1. The highest BCUT2D eigenvalue weighted by atomic mass is 16.6. The minimum atomic E-state index is -0.392. The lowest BCUT2D eigenvalue weighted by Crippen LogP contribution is -2.39. The number of hydrogen-bond donors (Lipinski definition) is 2. The van der Waals surface area contributed by atoms with Crippen molar-refractivity contribution in [1.82, 2.24) is 0 Å². The van der Waals surface area contributed by atoms with Gasteiger partial charge >= 0.3 is 0 Å². The summed E-state index contributed by atoms with van der Waals surface area (Å²) in [7, 11) is 0. The molecule has 0 heterocycles. The SMILES string of the molecule is Cc1ccc([N+](=O)[O-])c(NC2CC(O)C2)c1. The fourth-order valence-electron chi connectivity index (χ4n) is 1.85. The molecule has 0 atom stereocenters. The molecule has 1 aliphatic carbocycles. The third-order valence-corrected chi connectivity index (χ3v) is 2.82. The zero-order valence-electron chi connectivity index (χ0n) is 9.01. The molecule has 5 heteroatoms. The third-order valence-electron chi connectivity index (χ3n) is 2.82. The normalized spacial score (nSPS) is 23.6. The average Bonchev–Trinajstić information content (AvgIpc) is 2.15. The maximum absolute atomic E-state index is 10.8. The zero-order valence-corrected chi connectivity index (χ0v) is 9.01. The first-order chi connectivity index (χ1) is 7.56. The van der Waals surface area contributed by atoms with E-state index in [0.717, 1.165) is 5.56 Å². The van der Waals surface area contributed by atoms with Gasteiger partial charge in [-0.2, -0.15) is 0 Å². The molecule has 0 amide bonds. The first-order valence-corrected chi connectivity index (χ1v) is 5.26. The van der Waals surface area contributed by atoms with Crippen LogP contribution in [0.2, 0.25) is 0 Å². The highest BCUT2D eigenvalue weighted by molar-refractivity contribution is 5.63. The molecular weight excluding hydrogens is 208 g/mol. The lowest BCUT2D eigenvalue weighted by Gasteiger charge is -2.32. The molecule has 0 bridgehead atoms. The van der Waals surface area contributed by atoms with Gasteiger partial charge in [0.2, 0.25) is 0 Å². The van der Waals surface area contributed by atoms with E-state index < -0.39 is 4.92 Å². The van der Waals surface area contributed by atoms with Crippen molar-refractivity contribution in [2.24, 2.45) is 0 Å². The Hall–Kier alpha value is -1.62. The van der Waals surface area contributed by atoms with Crippen molar-refractivity contribution < 1.29 is 10.0 Å². The molecule has 1 saturated carbocycles. The Kier molecular flexibility index (Phi) is 2.78. The van der Waals surface area contributed by atoms with Crippen LogP contribution in [0.25, 0.3) is 0 Å². The second-order valence-corrected chi connectivity index (χ2v) is 4.24. The summed E-state index contributed by atoms with van der Waals surface area (Å²) >= 11 is 0. The van der Waals surface area contributed by atoms with Crippen LogP contribution in [0.5, 0.6) is 0 Å². The number of aliphatic hydroxyl groups is 1. The van der Waals surface area contributed by atoms with Gasteiger partial charge in [0.25, 0.3) is 5.69 Å². The van der Waals surface area contributed by atoms with Crippen LogP contribution in [0.4, 0.5) is 11.4 Å². The molecule has 0 aromatic heterocycles. The summed E-state index contributed by atoms with van der Waals surface area (Å²) in [6.45, 7) is 1.89. The molecule has 0 unspecified atom stereocenters. The number of anilines is 1. The lowest BCUT2D eigenvalue weighted by molar-refractivity contribution is -0.384. The van der Waals surface area contributed by atoms with Crippen LogP contribution in [-0.2, 0) is 0 Å². The van der Waals surface area contributed by atoms with Gasteiger partial charge in [-0.05, 0) is 31.4 Å². The first kappa shape index (κ1) is 10.9. The Morgan fingerprint density at radius 2 is 2.19 bits per heavy atom. The van der Waals surface area contributed by atoms with Gasteiger partial charge in [-0.3, -0.25) is 10.1 Å². The minimum absolute atomic E-state index is 0.0898. The molecule has 86 valence electrons. The van der Waals surface area contributed by atoms with Crippen molar-refractivity contribution in [3.63, 3.8) is 0 Å². The van der Waals surface area contributed by atoms with E-state index in [4.69, 9.17) is 5.11 Å². The Morgan fingerprint density at radius 1 is 1.50 bits per heavy atom. The van der Waals surface area contributed by atoms with Gasteiger partial charge < -0.3 is 10.4 Å². The van der Waals surface area contributed by atoms with Crippen molar-refractivity contribution in [3.8, 4) is 0 Å². The van der Waals surface area contributed by atoms with Crippen molar-refractivity contribution >= 4 is 11.4 Å². The maximum Gasteiger partial charge on any atom is 0.292 e. The summed E-state index contributed by atoms with van der Waals surface area (Å²) in [5.74, 6) is 0. The molecule has 1 aromatic rings. The van der Waals surface area contributed by atoms with E-state index in [-0.39, 0.29) is 17.8 Å². The number of rotatable bonds is 3. The fraction of sp³-hybridized carbons (Fsp3) is 0.455. The molecular formula is C11H14N2O3. The number of nitro benzene ring substituents is 1. The van der Waals surface area contributed by atoms with E-state index in [1.54, 1.807) is 12.1 Å². The first-order valence-electron chi connectivity index (χ1n) is 5.26. The monoisotopic (exact) mass is 222 g/mol. The summed E-state index contributed by atoms with van der Waals surface area (Å²) in [5.41, 5.74) is 1.61. The van der Waals surface area contributed by atoms with Crippen molar-refractivity contribution in [3.05, 3.63) is 33.9 Å². The molecule has 1 fully saturated rings. The fourth-order valence-corrected chi connectivity index (χ4v) is 1.85. The average molecular weight is 222 g/mol. The summed E-state index contributed by atoms with van der Waals surface area (Å²) < 4.78 is 0. The van der Waals surface area contributed by atoms with Gasteiger partial charge in [-0.1, -0.05) is 6.07 Å². The number of nitro groups is 1. The number of nitrogens with one attached hydrogen (secondary N) is 1. The highest BCUT2D eigenvalue weighted by Gasteiger charge is 2.28. The second kappa shape index (κ2) is 4.09. The number of aryl methyl sites for hydroxylation is 1. The molecule has 5 nitrogen and oxygen atoms in total. The zero-order chi connectivity index (χ0) is 11.7. The van der Waals surface area contributed by atoms with Crippen molar-refractivity contribution in [2.75, 3.05) is 5.32 Å². The molecule has 0 radical (unpaired) electrons. The Balaban J connectivity index is 2.17. The molecule has 2 N–H and O–H groups in total. The molecule has 16 heavy (non-hydrogen) atoms. The summed E-state index contributed by atoms with van der Waals surface area (Å²) in [5, 5.41) is 23.1. The van der Waals surface area contributed by atoms with Crippen LogP contribution in [0.3, 0.4) is 0 Å². The molecule has 2 rings (SSSR count). The molecule has 0 aliphatic heterocycles. The minimum Gasteiger partial charge on any atom is -0.393 e. The summed E-state index contributed by atoms with van der Waals surface area (Å²) in [6, 6.07) is 5.14. The Labute approximate surface area is 93.2 Å². The van der Waals surface area contributed by atoms with E-state index in [1.807, 2.05) is 6.92 Å².